The van der Waals surface area contributed by atoms with Gasteiger partial charge in [-0.2, -0.15) is 5.10 Å². The van der Waals surface area contributed by atoms with Crippen molar-refractivity contribution in [2.24, 2.45) is 5.84 Å². The van der Waals surface area contributed by atoms with Crippen LogP contribution in [-0.4, -0.2) is 16.9 Å². The van der Waals surface area contributed by atoms with E-state index in [4.69, 9.17) is 22.2 Å². The number of nitrogens with two attached hydrogens (primary N) is 1. The minimum absolute atomic E-state index is 0.172. The Morgan fingerprint density at radius 3 is 2.71 bits per heavy atom. The van der Waals surface area contributed by atoms with Gasteiger partial charge in [-0.25, -0.2) is 5.43 Å². The lowest BCUT2D eigenvalue weighted by Crippen LogP contribution is -2.31. The lowest BCUT2D eigenvalue weighted by molar-refractivity contribution is 0.394. The van der Waals surface area contributed by atoms with Crippen LogP contribution in [0.4, 0.5) is 0 Å². The van der Waals surface area contributed by atoms with E-state index in [1.807, 2.05) is 36.7 Å². The first-order chi connectivity index (χ1) is 10.0. The third-order valence-electron chi connectivity index (χ3n) is 3.24. The Hall–Kier alpha value is -1.08. The first-order valence-corrected chi connectivity index (χ1v) is 7.69. The molecule has 0 aliphatic carbocycles. The Labute approximate surface area is 137 Å². The molecule has 2 rings (SSSR count). The zero-order valence-electron chi connectivity index (χ0n) is 12.1. The maximum Gasteiger partial charge on any atom is 0.161 e. The van der Waals surface area contributed by atoms with Crippen LogP contribution >= 0.6 is 27.5 Å². The Morgan fingerprint density at radius 1 is 1.43 bits per heavy atom. The van der Waals surface area contributed by atoms with Crippen molar-refractivity contribution in [3.8, 4) is 5.75 Å². The molecule has 0 amide bonds. The van der Waals surface area contributed by atoms with Crippen molar-refractivity contribution in [1.29, 1.82) is 0 Å². The molecule has 0 bridgehead atoms. The van der Waals surface area contributed by atoms with Crippen LogP contribution < -0.4 is 16.0 Å². The molecule has 2 aromatic rings. The second-order valence-corrected chi connectivity index (χ2v) is 6.11. The van der Waals surface area contributed by atoms with Gasteiger partial charge < -0.3 is 4.74 Å². The second kappa shape index (κ2) is 6.79. The van der Waals surface area contributed by atoms with Crippen LogP contribution in [0.25, 0.3) is 0 Å². The second-order valence-electron chi connectivity index (χ2n) is 4.88. The molecule has 7 heteroatoms. The fraction of sp³-hybridized carbons (Fsp3) is 0.357. The van der Waals surface area contributed by atoms with Gasteiger partial charge in [-0.05, 0) is 41.4 Å². The predicted molar refractivity (Wildman–Crippen MR) is 87.5 cm³/mol. The molecule has 1 atom stereocenters. The van der Waals surface area contributed by atoms with E-state index in [2.05, 4.69) is 26.5 Å². The smallest absolute Gasteiger partial charge is 0.161 e. The van der Waals surface area contributed by atoms with Gasteiger partial charge >= 0.3 is 0 Å². The zero-order chi connectivity index (χ0) is 15.6. The molecule has 0 fully saturated rings. The van der Waals surface area contributed by atoms with Crippen LogP contribution in [0.3, 0.4) is 0 Å². The summed E-state index contributed by atoms with van der Waals surface area (Å²) in [5.74, 6) is 6.46. The van der Waals surface area contributed by atoms with Gasteiger partial charge in [-0.1, -0.05) is 23.7 Å². The number of hydrazine groups is 1. The number of hydrogen-bond donors (Lipinski definition) is 2. The van der Waals surface area contributed by atoms with Crippen molar-refractivity contribution in [3.63, 3.8) is 0 Å². The van der Waals surface area contributed by atoms with E-state index in [0.29, 0.717) is 10.8 Å². The van der Waals surface area contributed by atoms with Crippen molar-refractivity contribution in [2.75, 3.05) is 7.11 Å². The highest BCUT2D eigenvalue weighted by Crippen LogP contribution is 2.37. The summed E-state index contributed by atoms with van der Waals surface area (Å²) in [5, 5.41) is 4.98. The fourth-order valence-corrected chi connectivity index (χ4v) is 2.88. The minimum atomic E-state index is -0.324. The number of aromatic nitrogens is 2. The summed E-state index contributed by atoms with van der Waals surface area (Å²) < 4.78 is 8.11. The Kier molecular flexibility index (Phi) is 5.27. The predicted octanol–water partition coefficient (Wildman–Crippen LogP) is 3.44. The van der Waals surface area contributed by atoms with E-state index >= 15 is 0 Å². The third kappa shape index (κ3) is 3.08. The van der Waals surface area contributed by atoms with E-state index in [0.717, 1.165) is 15.7 Å². The largest absolute Gasteiger partial charge is 0.493 e. The van der Waals surface area contributed by atoms with Gasteiger partial charge in [0, 0.05) is 10.5 Å². The normalized spacial score (nSPS) is 12.7. The van der Waals surface area contributed by atoms with Crippen LogP contribution in [-0.2, 0) is 0 Å². The summed E-state index contributed by atoms with van der Waals surface area (Å²) in [6.45, 7) is 4.10. The lowest BCUT2D eigenvalue weighted by atomic mass is 10.0. The molecule has 0 aliphatic heterocycles. The fourth-order valence-electron chi connectivity index (χ4n) is 2.26. The van der Waals surface area contributed by atoms with Gasteiger partial charge in [0.2, 0.25) is 0 Å². The lowest BCUT2D eigenvalue weighted by Gasteiger charge is -2.22. The third-order valence-corrected chi connectivity index (χ3v) is 4.55. The molecule has 1 unspecified atom stereocenters. The molecule has 21 heavy (non-hydrogen) atoms. The summed E-state index contributed by atoms with van der Waals surface area (Å²) in [6, 6.07) is 5.57. The van der Waals surface area contributed by atoms with Crippen LogP contribution in [0.15, 0.2) is 28.9 Å². The maximum absolute atomic E-state index is 6.40. The maximum atomic E-state index is 6.40. The van der Waals surface area contributed by atoms with E-state index in [1.165, 1.54) is 0 Å². The van der Waals surface area contributed by atoms with Gasteiger partial charge in [-0.15, -0.1) is 0 Å². The molecule has 0 aliphatic rings. The number of halogens is 2. The topological polar surface area (TPSA) is 65.1 Å². The van der Waals surface area contributed by atoms with E-state index in [-0.39, 0.29) is 12.1 Å². The summed E-state index contributed by atoms with van der Waals surface area (Å²) in [6.07, 6.45) is 1.69. The standard InChI is InChI=1S/C14H18BrClN4O/c1-8(2)20-14(11(21-3)7-18-20)13(19-17)9-5-4-6-10(15)12(9)16/h4-8,13,19H,17H2,1-3H3. The number of nitrogens with zero attached hydrogens (tertiary/aromatic N) is 2. The van der Waals surface area contributed by atoms with E-state index in [9.17, 15) is 0 Å². The average Bonchev–Trinajstić information content (AvgIpc) is 2.88. The van der Waals surface area contributed by atoms with Crippen LogP contribution in [0.2, 0.25) is 5.02 Å². The van der Waals surface area contributed by atoms with Crippen molar-refractivity contribution in [2.45, 2.75) is 25.9 Å². The number of hydrogen-bond acceptors (Lipinski definition) is 4. The zero-order valence-corrected chi connectivity index (χ0v) is 14.4. The Morgan fingerprint density at radius 2 is 2.14 bits per heavy atom. The number of benzene rings is 1. The van der Waals surface area contributed by atoms with Crippen molar-refractivity contribution < 1.29 is 4.74 Å². The van der Waals surface area contributed by atoms with E-state index < -0.39 is 0 Å². The van der Waals surface area contributed by atoms with Gasteiger partial charge in [0.25, 0.3) is 0 Å². The quantitative estimate of drug-likeness (QED) is 0.622. The average molecular weight is 374 g/mol. The van der Waals surface area contributed by atoms with Crippen LogP contribution in [0.5, 0.6) is 5.75 Å². The number of ether oxygens (including phenoxy) is 1. The molecule has 114 valence electrons. The summed E-state index contributed by atoms with van der Waals surface area (Å²) >= 11 is 9.83. The molecule has 0 spiro atoms. The molecule has 1 aromatic carbocycles. The first kappa shape index (κ1) is 16.3. The van der Waals surface area contributed by atoms with Crippen molar-refractivity contribution >= 4 is 27.5 Å². The van der Waals surface area contributed by atoms with Crippen LogP contribution in [0.1, 0.15) is 37.2 Å². The molecular weight excluding hydrogens is 356 g/mol. The molecule has 5 nitrogen and oxygen atoms in total. The number of rotatable bonds is 5. The van der Waals surface area contributed by atoms with Crippen molar-refractivity contribution in [1.82, 2.24) is 15.2 Å². The Balaban J connectivity index is 2.61. The molecule has 3 N–H and O–H groups in total. The number of nitrogens with one attached hydrogen (secondary N) is 1. The van der Waals surface area contributed by atoms with E-state index in [1.54, 1.807) is 13.3 Å². The van der Waals surface area contributed by atoms with Gasteiger partial charge in [0.15, 0.2) is 5.75 Å². The molecule has 0 saturated carbocycles. The number of methoxy groups -OCH3 is 1. The van der Waals surface area contributed by atoms with Crippen LogP contribution in [0, 0.1) is 0 Å². The first-order valence-electron chi connectivity index (χ1n) is 6.52. The summed E-state index contributed by atoms with van der Waals surface area (Å²) in [7, 11) is 1.61. The molecule has 0 saturated heterocycles. The minimum Gasteiger partial charge on any atom is -0.493 e. The highest BCUT2D eigenvalue weighted by Gasteiger charge is 2.26. The van der Waals surface area contributed by atoms with Crippen molar-refractivity contribution in [3.05, 3.63) is 45.1 Å². The highest BCUT2D eigenvalue weighted by atomic mass is 79.9. The SMILES string of the molecule is COc1cnn(C(C)C)c1C(NN)c1cccc(Br)c1Cl. The molecule has 1 heterocycles. The molecule has 1 aromatic heterocycles. The molecular formula is C14H18BrClN4O. The van der Waals surface area contributed by atoms with Gasteiger partial charge in [0.05, 0.1) is 24.4 Å². The summed E-state index contributed by atoms with van der Waals surface area (Å²) in [4.78, 5) is 0. The van der Waals surface area contributed by atoms with Gasteiger partial charge in [-0.3, -0.25) is 10.5 Å². The Bertz CT molecular complexity index is 629. The highest BCUT2D eigenvalue weighted by molar-refractivity contribution is 9.10. The van der Waals surface area contributed by atoms with Gasteiger partial charge in [0.1, 0.15) is 5.69 Å². The monoisotopic (exact) mass is 372 g/mol. The molecule has 0 radical (unpaired) electrons. The summed E-state index contributed by atoms with van der Waals surface area (Å²) in [5.41, 5.74) is 4.51.